The molecule has 0 radical (unpaired) electrons. The van der Waals surface area contributed by atoms with Gasteiger partial charge in [-0.1, -0.05) is 209 Å². The van der Waals surface area contributed by atoms with Crippen molar-refractivity contribution < 1.29 is 28.6 Å². The van der Waals surface area contributed by atoms with E-state index in [1.807, 2.05) is 0 Å². The summed E-state index contributed by atoms with van der Waals surface area (Å²) in [6.45, 7) is 6.42. The standard InChI is InChI=1S/C58H98O6/c1-4-7-10-13-16-19-22-24-26-28-30-31-33-36-39-42-45-48-51-57(60)63-54-55(53-62-56(59)50-47-44-41-38-35-21-18-15-12-9-6-3)64-58(61)52-49-46-43-40-37-34-32-29-27-25-23-20-17-14-11-8-5-2/h8,11,15,17-18,20,25,27,30-32,34,40,43,55H,4-7,9-10,12-14,16,19,21-24,26,28-29,33,35-39,41-42,44-54H2,1-3H3/b11-8-,18-15-,20-17-,27-25-,31-30-,34-32-,43-40-. The molecule has 0 saturated carbocycles. The maximum Gasteiger partial charge on any atom is 0.306 e. The van der Waals surface area contributed by atoms with E-state index < -0.39 is 6.10 Å². The van der Waals surface area contributed by atoms with Gasteiger partial charge in [0.2, 0.25) is 0 Å². The predicted molar refractivity (Wildman–Crippen MR) is 274 cm³/mol. The number of allylic oxidation sites excluding steroid dienone is 14. The molecule has 64 heavy (non-hydrogen) atoms. The molecule has 0 N–H and O–H groups in total. The Balaban J connectivity index is 4.46. The molecule has 6 nitrogen and oxygen atoms in total. The molecular weight excluding hydrogens is 793 g/mol. The van der Waals surface area contributed by atoms with Crippen molar-refractivity contribution in [1.82, 2.24) is 0 Å². The van der Waals surface area contributed by atoms with Gasteiger partial charge < -0.3 is 14.2 Å². The zero-order valence-corrected chi connectivity index (χ0v) is 41.8. The van der Waals surface area contributed by atoms with Gasteiger partial charge in [0.25, 0.3) is 0 Å². The molecule has 0 aliphatic carbocycles. The molecule has 0 aromatic heterocycles. The Bertz CT molecular complexity index is 1250. The van der Waals surface area contributed by atoms with E-state index in [-0.39, 0.29) is 37.5 Å². The average molecular weight is 891 g/mol. The Morgan fingerprint density at radius 2 is 0.641 bits per heavy atom. The first kappa shape index (κ1) is 60.6. The third kappa shape index (κ3) is 49.6. The fourth-order valence-electron chi connectivity index (χ4n) is 7.10. The number of hydrogen-bond donors (Lipinski definition) is 0. The third-order valence-electron chi connectivity index (χ3n) is 11.1. The second kappa shape index (κ2) is 52.2. The Morgan fingerprint density at radius 1 is 0.328 bits per heavy atom. The van der Waals surface area contributed by atoms with E-state index in [9.17, 15) is 14.4 Å². The molecule has 1 atom stereocenters. The quantitative estimate of drug-likeness (QED) is 0.0262. The predicted octanol–water partition coefficient (Wildman–Crippen LogP) is 17.6. The van der Waals surface area contributed by atoms with Crippen molar-refractivity contribution in [3.05, 3.63) is 85.1 Å². The molecule has 0 heterocycles. The molecule has 0 saturated heterocycles. The lowest BCUT2D eigenvalue weighted by atomic mass is 10.1. The topological polar surface area (TPSA) is 78.9 Å². The summed E-state index contributed by atoms with van der Waals surface area (Å²) in [4.78, 5) is 38.0. The first-order valence-electron chi connectivity index (χ1n) is 26.6. The van der Waals surface area contributed by atoms with Crippen molar-refractivity contribution in [3.8, 4) is 0 Å². The van der Waals surface area contributed by atoms with Gasteiger partial charge in [0.1, 0.15) is 13.2 Å². The highest BCUT2D eigenvalue weighted by Gasteiger charge is 2.19. The van der Waals surface area contributed by atoms with Gasteiger partial charge in [-0.15, -0.1) is 0 Å². The lowest BCUT2D eigenvalue weighted by Crippen LogP contribution is -2.30. The van der Waals surface area contributed by atoms with E-state index in [0.717, 1.165) is 96.3 Å². The minimum Gasteiger partial charge on any atom is -0.462 e. The van der Waals surface area contributed by atoms with Crippen LogP contribution >= 0.6 is 0 Å². The summed E-state index contributed by atoms with van der Waals surface area (Å²) in [6.07, 6.45) is 67.2. The van der Waals surface area contributed by atoms with Crippen molar-refractivity contribution in [2.75, 3.05) is 13.2 Å². The van der Waals surface area contributed by atoms with Gasteiger partial charge >= 0.3 is 17.9 Å². The molecule has 0 rings (SSSR count). The van der Waals surface area contributed by atoms with E-state index in [2.05, 4.69) is 106 Å². The monoisotopic (exact) mass is 891 g/mol. The Morgan fingerprint density at radius 3 is 1.06 bits per heavy atom. The third-order valence-corrected chi connectivity index (χ3v) is 11.1. The Hall–Kier alpha value is -3.41. The van der Waals surface area contributed by atoms with Gasteiger partial charge in [-0.25, -0.2) is 0 Å². The summed E-state index contributed by atoms with van der Waals surface area (Å²) in [7, 11) is 0. The van der Waals surface area contributed by atoms with Crippen molar-refractivity contribution in [3.63, 3.8) is 0 Å². The molecule has 1 unspecified atom stereocenters. The number of carbonyl (C=O) groups is 3. The first-order valence-corrected chi connectivity index (χ1v) is 26.6. The van der Waals surface area contributed by atoms with Crippen molar-refractivity contribution in [2.24, 2.45) is 0 Å². The van der Waals surface area contributed by atoms with Gasteiger partial charge in [-0.05, 0) is 103 Å². The molecule has 0 amide bonds. The van der Waals surface area contributed by atoms with Crippen LogP contribution in [0.25, 0.3) is 0 Å². The summed E-state index contributed by atoms with van der Waals surface area (Å²) in [6, 6.07) is 0. The van der Waals surface area contributed by atoms with E-state index in [1.54, 1.807) is 0 Å². The van der Waals surface area contributed by atoms with Crippen LogP contribution in [0, 0.1) is 0 Å². The number of esters is 3. The van der Waals surface area contributed by atoms with Crippen LogP contribution < -0.4 is 0 Å². The van der Waals surface area contributed by atoms with E-state index >= 15 is 0 Å². The van der Waals surface area contributed by atoms with Crippen LogP contribution in [0.4, 0.5) is 0 Å². The molecular formula is C58H98O6. The van der Waals surface area contributed by atoms with Crippen molar-refractivity contribution >= 4 is 17.9 Å². The van der Waals surface area contributed by atoms with Crippen LogP contribution in [0.15, 0.2) is 85.1 Å². The summed E-state index contributed by atoms with van der Waals surface area (Å²) >= 11 is 0. The zero-order valence-electron chi connectivity index (χ0n) is 41.8. The van der Waals surface area contributed by atoms with Crippen molar-refractivity contribution in [2.45, 2.75) is 252 Å². The van der Waals surface area contributed by atoms with Gasteiger partial charge in [0.15, 0.2) is 6.10 Å². The molecule has 0 bridgehead atoms. The van der Waals surface area contributed by atoms with Crippen LogP contribution in [-0.2, 0) is 28.6 Å². The molecule has 0 fully saturated rings. The highest BCUT2D eigenvalue weighted by atomic mass is 16.6. The van der Waals surface area contributed by atoms with Gasteiger partial charge in [0, 0.05) is 19.3 Å². The number of carbonyl (C=O) groups excluding carboxylic acids is 3. The molecule has 0 aliphatic rings. The molecule has 0 spiro atoms. The maximum absolute atomic E-state index is 12.8. The van der Waals surface area contributed by atoms with Gasteiger partial charge in [-0.2, -0.15) is 0 Å². The number of ether oxygens (including phenoxy) is 3. The fraction of sp³-hybridized carbons (Fsp3) is 0.707. The maximum atomic E-state index is 12.8. The van der Waals surface area contributed by atoms with E-state index in [4.69, 9.17) is 14.2 Å². The minimum atomic E-state index is -0.812. The average Bonchev–Trinajstić information content (AvgIpc) is 3.29. The summed E-state index contributed by atoms with van der Waals surface area (Å²) < 4.78 is 16.7. The summed E-state index contributed by atoms with van der Waals surface area (Å²) in [5, 5.41) is 0. The SMILES string of the molecule is CC/C=C\C/C=C\C/C=C\C/C=C\C/C=C\CCCC(=O)OC(COC(=O)CCCCCCC/C=C\CCCC)COC(=O)CCCCCCC/C=C\CCCCCCCCCCC. The van der Waals surface area contributed by atoms with Crippen LogP contribution in [0.5, 0.6) is 0 Å². The van der Waals surface area contributed by atoms with Crippen LogP contribution in [0.2, 0.25) is 0 Å². The van der Waals surface area contributed by atoms with E-state index in [1.165, 1.54) is 103 Å². The minimum absolute atomic E-state index is 0.106. The van der Waals surface area contributed by atoms with Crippen LogP contribution in [0.1, 0.15) is 245 Å². The molecule has 0 aliphatic heterocycles. The normalized spacial score (nSPS) is 12.7. The van der Waals surface area contributed by atoms with Gasteiger partial charge in [-0.3, -0.25) is 14.4 Å². The van der Waals surface area contributed by atoms with E-state index in [0.29, 0.717) is 19.3 Å². The number of unbranched alkanes of at least 4 members (excludes halogenated alkanes) is 22. The van der Waals surface area contributed by atoms with Gasteiger partial charge in [0.05, 0.1) is 0 Å². The summed E-state index contributed by atoms with van der Waals surface area (Å²) in [5.41, 5.74) is 0. The molecule has 6 heteroatoms. The fourth-order valence-corrected chi connectivity index (χ4v) is 7.10. The number of rotatable bonds is 47. The lowest BCUT2D eigenvalue weighted by molar-refractivity contribution is -0.167. The number of hydrogen-bond acceptors (Lipinski definition) is 6. The molecule has 0 aromatic carbocycles. The molecule has 366 valence electrons. The highest BCUT2D eigenvalue weighted by Crippen LogP contribution is 2.14. The van der Waals surface area contributed by atoms with Crippen LogP contribution in [-0.4, -0.2) is 37.2 Å². The first-order chi connectivity index (χ1) is 31.5. The van der Waals surface area contributed by atoms with Crippen LogP contribution in [0.3, 0.4) is 0 Å². The second-order valence-corrected chi connectivity index (χ2v) is 17.4. The second-order valence-electron chi connectivity index (χ2n) is 17.4. The zero-order chi connectivity index (χ0) is 46.5. The Labute approximate surface area is 395 Å². The van der Waals surface area contributed by atoms with Crippen molar-refractivity contribution in [1.29, 1.82) is 0 Å². The highest BCUT2D eigenvalue weighted by molar-refractivity contribution is 5.71. The lowest BCUT2D eigenvalue weighted by Gasteiger charge is -2.18. The smallest absolute Gasteiger partial charge is 0.306 e. The molecule has 0 aromatic rings. The largest absolute Gasteiger partial charge is 0.462 e. The Kier molecular flexibility index (Phi) is 49.4. The summed E-state index contributed by atoms with van der Waals surface area (Å²) in [5.74, 6) is -0.983.